The van der Waals surface area contributed by atoms with Crippen molar-refractivity contribution in [3.63, 3.8) is 0 Å². The van der Waals surface area contributed by atoms with Gasteiger partial charge in [-0.15, -0.1) is 0 Å². The normalized spacial score (nSPS) is 19.4. The van der Waals surface area contributed by atoms with Crippen molar-refractivity contribution in [3.05, 3.63) is 47.8 Å². The number of carbonyl (C=O) groups is 2. The highest BCUT2D eigenvalue weighted by atomic mass is 19.4. The van der Waals surface area contributed by atoms with Gasteiger partial charge in [0.05, 0.1) is 25.0 Å². The van der Waals surface area contributed by atoms with Crippen molar-refractivity contribution in [2.24, 2.45) is 12.5 Å². The molecule has 1 spiro atoms. The molecule has 13 heteroatoms. The van der Waals surface area contributed by atoms with Crippen LogP contribution in [0.25, 0.3) is 5.65 Å². The van der Waals surface area contributed by atoms with Gasteiger partial charge in [0, 0.05) is 56.6 Å². The summed E-state index contributed by atoms with van der Waals surface area (Å²) >= 11 is 0. The van der Waals surface area contributed by atoms with E-state index in [4.69, 9.17) is 4.74 Å². The zero-order valence-corrected chi connectivity index (χ0v) is 20.8. The van der Waals surface area contributed by atoms with E-state index in [-0.39, 0.29) is 23.1 Å². The number of imidazole rings is 1. The third-order valence-electron chi connectivity index (χ3n) is 7.65. The third-order valence-corrected chi connectivity index (χ3v) is 7.65. The summed E-state index contributed by atoms with van der Waals surface area (Å²) in [4.78, 5) is 29.6. The largest absolute Gasteiger partial charge is 0.416 e. The summed E-state index contributed by atoms with van der Waals surface area (Å²) in [5.41, 5.74) is 0.522. The van der Waals surface area contributed by atoms with Crippen LogP contribution in [0.2, 0.25) is 0 Å². The minimum absolute atomic E-state index is 0.0384. The van der Waals surface area contributed by atoms with Crippen LogP contribution in [0.5, 0.6) is 0 Å². The summed E-state index contributed by atoms with van der Waals surface area (Å²) in [6.45, 7) is 4.03. The van der Waals surface area contributed by atoms with Crippen molar-refractivity contribution in [2.75, 3.05) is 49.6 Å². The summed E-state index contributed by atoms with van der Waals surface area (Å²) in [5.74, 6) is 0.861. The number of alkyl halides is 3. The van der Waals surface area contributed by atoms with E-state index in [1.54, 1.807) is 15.6 Å². The number of likely N-dealkylation sites (tertiary alicyclic amines) is 1. The Morgan fingerprint density at radius 3 is 2.61 bits per heavy atom. The average molecular weight is 532 g/mol. The molecule has 3 amide bonds. The molecule has 0 bridgehead atoms. The SMILES string of the molecule is Cn1cc(N2CCOCC2)n2ncc(C(=O)N3CC4(CC(NC(=O)Nc5cccc(C(F)(F)F)c5)C4)C3)c12. The molecule has 0 atom stereocenters. The summed E-state index contributed by atoms with van der Waals surface area (Å²) < 4.78 is 47.9. The minimum Gasteiger partial charge on any atom is -0.378 e. The maximum absolute atomic E-state index is 13.3. The fraction of sp³-hybridized carbons (Fsp3) is 0.480. The highest BCUT2D eigenvalue weighted by Gasteiger charge is 2.54. The molecule has 2 aromatic heterocycles. The van der Waals surface area contributed by atoms with E-state index in [0.29, 0.717) is 44.7 Å². The van der Waals surface area contributed by atoms with Crippen molar-refractivity contribution < 1.29 is 27.5 Å². The molecule has 3 aliphatic rings. The molecule has 1 aromatic carbocycles. The number of anilines is 2. The number of urea groups is 1. The number of hydrogen-bond donors (Lipinski definition) is 2. The molecule has 1 saturated carbocycles. The van der Waals surface area contributed by atoms with E-state index in [1.165, 1.54) is 12.1 Å². The number of aromatic nitrogens is 3. The monoisotopic (exact) mass is 531 g/mol. The van der Waals surface area contributed by atoms with E-state index >= 15 is 0 Å². The molecule has 3 fully saturated rings. The lowest BCUT2D eigenvalue weighted by Crippen LogP contribution is -2.67. The first-order valence-corrected chi connectivity index (χ1v) is 12.5. The molecule has 4 heterocycles. The Morgan fingerprint density at radius 1 is 1.16 bits per heavy atom. The number of carbonyl (C=O) groups excluding carboxylic acids is 2. The standard InChI is InChI=1S/C25H28F3N7O3/c1-32-13-20(33-5-7-38-8-6-33)35-21(32)19(12-29-35)22(36)34-14-24(15-34)10-18(11-24)31-23(37)30-17-4-2-3-16(9-17)25(26,27)28/h2-4,9,12-13,18H,5-8,10-11,14-15H2,1H3,(H2,30,31,37). The Hall–Kier alpha value is -3.74. The van der Waals surface area contributed by atoms with Crippen LogP contribution < -0.4 is 15.5 Å². The maximum atomic E-state index is 13.3. The first kappa shape index (κ1) is 24.6. The molecule has 2 aliphatic heterocycles. The molecule has 202 valence electrons. The Balaban J connectivity index is 1.03. The van der Waals surface area contributed by atoms with Crippen molar-refractivity contribution >= 4 is 29.1 Å². The lowest BCUT2D eigenvalue weighted by atomic mass is 9.60. The van der Waals surface area contributed by atoms with Gasteiger partial charge in [0.25, 0.3) is 5.91 Å². The van der Waals surface area contributed by atoms with Crippen LogP contribution in [0.1, 0.15) is 28.8 Å². The zero-order valence-electron chi connectivity index (χ0n) is 20.8. The van der Waals surface area contributed by atoms with E-state index in [1.807, 2.05) is 17.8 Å². The number of fused-ring (bicyclic) bond motifs is 1. The first-order chi connectivity index (χ1) is 18.1. The number of halogens is 3. The first-order valence-electron chi connectivity index (χ1n) is 12.5. The van der Waals surface area contributed by atoms with Gasteiger partial charge < -0.3 is 29.7 Å². The van der Waals surface area contributed by atoms with Crippen molar-refractivity contribution in [3.8, 4) is 0 Å². The fourth-order valence-corrected chi connectivity index (χ4v) is 5.85. The Labute approximate surface area is 216 Å². The molecule has 1 aliphatic carbocycles. The Kier molecular flexibility index (Phi) is 5.78. The Morgan fingerprint density at radius 2 is 1.89 bits per heavy atom. The summed E-state index contributed by atoms with van der Waals surface area (Å²) in [5, 5.41) is 9.79. The van der Waals surface area contributed by atoms with Gasteiger partial charge in [0.15, 0.2) is 5.65 Å². The van der Waals surface area contributed by atoms with E-state index in [2.05, 4.69) is 20.6 Å². The molecule has 38 heavy (non-hydrogen) atoms. The molecule has 2 saturated heterocycles. The predicted octanol–water partition coefficient (Wildman–Crippen LogP) is 2.95. The second-order valence-electron chi connectivity index (χ2n) is 10.4. The van der Waals surface area contributed by atoms with Gasteiger partial charge in [-0.2, -0.15) is 22.8 Å². The van der Waals surface area contributed by atoms with Crippen molar-refractivity contribution in [1.82, 2.24) is 24.4 Å². The van der Waals surface area contributed by atoms with E-state index in [9.17, 15) is 22.8 Å². The number of amides is 3. The fourth-order valence-electron chi connectivity index (χ4n) is 5.85. The highest BCUT2D eigenvalue weighted by Crippen LogP contribution is 2.49. The van der Waals surface area contributed by atoms with Gasteiger partial charge in [0.1, 0.15) is 11.4 Å². The van der Waals surface area contributed by atoms with Gasteiger partial charge >= 0.3 is 12.2 Å². The van der Waals surface area contributed by atoms with Crippen molar-refractivity contribution in [1.29, 1.82) is 0 Å². The molecule has 10 nitrogen and oxygen atoms in total. The molecule has 2 N–H and O–H groups in total. The maximum Gasteiger partial charge on any atom is 0.416 e. The van der Waals surface area contributed by atoms with E-state index in [0.717, 1.165) is 36.7 Å². The van der Waals surface area contributed by atoms with Gasteiger partial charge in [0.2, 0.25) is 0 Å². The second-order valence-corrected chi connectivity index (χ2v) is 10.4. The lowest BCUT2D eigenvalue weighted by molar-refractivity contribution is -0.137. The number of morpholine rings is 1. The summed E-state index contributed by atoms with van der Waals surface area (Å²) in [6, 6.07) is 3.89. The number of nitrogens with one attached hydrogen (secondary N) is 2. The minimum atomic E-state index is -4.48. The average Bonchev–Trinajstić information content (AvgIpc) is 3.41. The smallest absolute Gasteiger partial charge is 0.378 e. The molecular weight excluding hydrogens is 503 g/mol. The summed E-state index contributed by atoms with van der Waals surface area (Å²) in [7, 11) is 1.90. The second kappa shape index (κ2) is 8.93. The van der Waals surface area contributed by atoms with Crippen LogP contribution in [0.3, 0.4) is 0 Å². The predicted molar refractivity (Wildman–Crippen MR) is 132 cm³/mol. The molecule has 0 unspecified atom stereocenters. The zero-order chi connectivity index (χ0) is 26.7. The van der Waals surface area contributed by atoms with Gasteiger partial charge in [-0.3, -0.25) is 4.79 Å². The van der Waals surface area contributed by atoms with Gasteiger partial charge in [-0.05, 0) is 31.0 Å². The number of rotatable bonds is 4. The Bertz CT molecular complexity index is 1380. The highest BCUT2D eigenvalue weighted by molar-refractivity contribution is 6.00. The number of aryl methyl sites for hydroxylation is 1. The summed E-state index contributed by atoms with van der Waals surface area (Å²) in [6.07, 6.45) is 0.545. The van der Waals surface area contributed by atoms with Crippen LogP contribution in [0.15, 0.2) is 36.7 Å². The molecular formula is C25H28F3N7O3. The van der Waals surface area contributed by atoms with Crippen LogP contribution in [0, 0.1) is 5.41 Å². The number of benzene rings is 1. The molecule has 3 aromatic rings. The topological polar surface area (TPSA) is 96.1 Å². The molecule has 6 rings (SSSR count). The van der Waals surface area contributed by atoms with E-state index < -0.39 is 17.8 Å². The van der Waals surface area contributed by atoms with Crippen LogP contribution in [0.4, 0.5) is 29.5 Å². The quantitative estimate of drug-likeness (QED) is 0.540. The van der Waals surface area contributed by atoms with Gasteiger partial charge in [-0.1, -0.05) is 6.07 Å². The lowest BCUT2D eigenvalue weighted by Gasteiger charge is -2.58. The van der Waals surface area contributed by atoms with Crippen LogP contribution in [-0.4, -0.2) is 76.5 Å². The van der Waals surface area contributed by atoms with Crippen LogP contribution >= 0.6 is 0 Å². The number of hydrogen-bond acceptors (Lipinski definition) is 5. The number of nitrogens with zero attached hydrogens (tertiary/aromatic N) is 5. The number of ether oxygens (including phenoxy) is 1. The van der Waals surface area contributed by atoms with Gasteiger partial charge in [-0.25, -0.2) is 4.79 Å². The van der Waals surface area contributed by atoms with Crippen molar-refractivity contribution in [2.45, 2.75) is 25.1 Å². The third kappa shape index (κ3) is 4.34. The molecule has 0 radical (unpaired) electrons. The van der Waals surface area contributed by atoms with Crippen LogP contribution in [-0.2, 0) is 18.0 Å².